The summed E-state index contributed by atoms with van der Waals surface area (Å²) in [5.41, 5.74) is 9.98. The number of aliphatic hydroxyl groups is 3. The summed E-state index contributed by atoms with van der Waals surface area (Å²) < 4.78 is 0. The predicted octanol–water partition coefficient (Wildman–Crippen LogP) is -2.69. The Hall–Kier alpha value is -2.48. The van der Waals surface area contributed by atoms with Crippen molar-refractivity contribution in [2.24, 2.45) is 16.5 Å². The summed E-state index contributed by atoms with van der Waals surface area (Å²) in [6.07, 6.45) is -0.0743. The Kier molecular flexibility index (Phi) is 16.5. The maximum Gasteiger partial charge on any atom is 0.414 e. The largest absolute Gasteiger partial charge is 0.465 e. The van der Waals surface area contributed by atoms with Gasteiger partial charge in [0.15, 0.2) is 5.96 Å². The minimum Gasteiger partial charge on any atom is -0.465 e. The van der Waals surface area contributed by atoms with Crippen LogP contribution in [-0.2, 0) is 4.79 Å². The van der Waals surface area contributed by atoms with Crippen LogP contribution in [0.5, 0.6) is 0 Å². The highest BCUT2D eigenvalue weighted by molar-refractivity contribution is 5.92. The van der Waals surface area contributed by atoms with Crippen molar-refractivity contribution in [3.63, 3.8) is 0 Å². The Morgan fingerprint density at radius 3 is 1.79 bits per heavy atom. The average Bonchev–Trinajstić information content (AvgIpc) is 3.02. The summed E-state index contributed by atoms with van der Waals surface area (Å²) in [6.45, 7) is 2.12. The predicted molar refractivity (Wildman–Crippen MR) is 104 cm³/mol. The zero-order valence-electron chi connectivity index (χ0n) is 16.4. The Balaban J connectivity index is 0. The number of aliphatic imine (C=N–C) groups is 1. The number of carbonyl (C=O) groups is 2. The molecule has 1 saturated heterocycles. The van der Waals surface area contributed by atoms with Crippen LogP contribution in [0.4, 0.5) is 4.79 Å². The van der Waals surface area contributed by atoms with Crippen molar-refractivity contribution in [3.8, 4) is 0 Å². The summed E-state index contributed by atoms with van der Waals surface area (Å²) in [5, 5.41) is 40.8. The van der Waals surface area contributed by atoms with Crippen LogP contribution in [-0.4, -0.2) is 119 Å². The van der Waals surface area contributed by atoms with Crippen molar-refractivity contribution in [1.82, 2.24) is 14.7 Å². The van der Waals surface area contributed by atoms with E-state index in [1.807, 2.05) is 0 Å². The van der Waals surface area contributed by atoms with E-state index < -0.39 is 6.09 Å². The first-order valence-corrected chi connectivity index (χ1v) is 8.54. The van der Waals surface area contributed by atoms with Crippen molar-refractivity contribution < 1.29 is 30.0 Å². The smallest absolute Gasteiger partial charge is 0.414 e. The van der Waals surface area contributed by atoms with Gasteiger partial charge in [-0.2, -0.15) is 4.99 Å². The van der Waals surface area contributed by atoms with Gasteiger partial charge in [0.1, 0.15) is 0 Å². The third-order valence-corrected chi connectivity index (χ3v) is 3.21. The van der Waals surface area contributed by atoms with Gasteiger partial charge < -0.3 is 36.8 Å². The second-order valence-corrected chi connectivity index (χ2v) is 5.70. The lowest BCUT2D eigenvalue weighted by Crippen LogP contribution is -2.32. The molecule has 164 valence electrons. The first kappa shape index (κ1) is 27.7. The van der Waals surface area contributed by atoms with Gasteiger partial charge in [0.05, 0.1) is 19.8 Å². The van der Waals surface area contributed by atoms with Crippen LogP contribution in [0, 0.1) is 5.41 Å². The monoisotopic (exact) mass is 407 g/mol. The number of nitrogens with two attached hydrogens (primary N) is 2. The van der Waals surface area contributed by atoms with E-state index in [1.54, 1.807) is 19.0 Å². The molecule has 1 fully saturated rings. The van der Waals surface area contributed by atoms with Crippen LogP contribution in [0.1, 0.15) is 12.8 Å². The van der Waals surface area contributed by atoms with E-state index in [-0.39, 0.29) is 37.6 Å². The molecule has 1 aliphatic heterocycles. The molecule has 1 rings (SSSR count). The maximum atomic E-state index is 10.6. The molecule has 0 unspecified atom stereocenters. The highest BCUT2D eigenvalue weighted by atomic mass is 16.4. The molecule has 0 bridgehead atoms. The second-order valence-electron chi connectivity index (χ2n) is 5.70. The van der Waals surface area contributed by atoms with Crippen molar-refractivity contribution in [3.05, 3.63) is 0 Å². The highest BCUT2D eigenvalue weighted by Gasteiger charge is 2.25. The van der Waals surface area contributed by atoms with Crippen molar-refractivity contribution in [2.45, 2.75) is 12.8 Å². The fourth-order valence-corrected chi connectivity index (χ4v) is 1.83. The molecule has 1 aliphatic rings. The highest BCUT2D eigenvalue weighted by Crippen LogP contribution is 2.08. The quantitative estimate of drug-likeness (QED) is 0.179. The molecule has 0 radical (unpaired) electrons. The van der Waals surface area contributed by atoms with E-state index in [4.69, 9.17) is 37.3 Å². The van der Waals surface area contributed by atoms with E-state index in [0.717, 1.165) is 4.90 Å². The molecule has 9 N–H and O–H groups in total. The molecular formula is C15H33N7O6. The molecule has 13 heteroatoms. The van der Waals surface area contributed by atoms with Gasteiger partial charge in [-0.25, -0.2) is 9.69 Å². The number of amides is 2. The van der Waals surface area contributed by atoms with E-state index in [0.29, 0.717) is 39.0 Å². The van der Waals surface area contributed by atoms with Gasteiger partial charge in [0, 0.05) is 46.7 Å². The summed E-state index contributed by atoms with van der Waals surface area (Å²) in [4.78, 5) is 28.3. The van der Waals surface area contributed by atoms with E-state index in [9.17, 15) is 9.59 Å². The lowest BCUT2D eigenvalue weighted by molar-refractivity contribution is -0.125. The van der Waals surface area contributed by atoms with Crippen LogP contribution < -0.4 is 11.5 Å². The molecular weight excluding hydrogens is 374 g/mol. The van der Waals surface area contributed by atoms with E-state index in [2.05, 4.69) is 4.99 Å². The van der Waals surface area contributed by atoms with Gasteiger partial charge in [-0.15, -0.1) is 0 Å². The zero-order chi connectivity index (χ0) is 22.1. The molecule has 0 aliphatic carbocycles. The third kappa shape index (κ3) is 14.7. The van der Waals surface area contributed by atoms with Crippen LogP contribution in [0.3, 0.4) is 0 Å². The van der Waals surface area contributed by atoms with Gasteiger partial charge in [0.2, 0.25) is 11.9 Å². The normalized spacial score (nSPS) is 12.5. The molecule has 2 amide bonds. The Morgan fingerprint density at radius 2 is 1.61 bits per heavy atom. The van der Waals surface area contributed by atoms with Gasteiger partial charge in [-0.05, 0) is 6.42 Å². The fourth-order valence-electron chi connectivity index (χ4n) is 1.83. The standard InChI is InChI=1S/C6H15NO3.C5H7NO3.C4H11N5/c8-4-1-7(2-5-9)3-6-10;7-4-2-1-3-6(4)5(8)9;1-9(2)4(7)8-3(5)6/h8-10H,1-6H2;1-3H2,(H,8,9);1-2H3,(H5,5,6,7,8). The zero-order valence-corrected chi connectivity index (χ0v) is 16.4. The lowest BCUT2D eigenvalue weighted by atomic mass is 10.4. The second kappa shape index (κ2) is 16.7. The molecule has 0 spiro atoms. The number of hydrogen-bond acceptors (Lipinski definition) is 7. The molecule has 0 aromatic carbocycles. The summed E-state index contributed by atoms with van der Waals surface area (Å²) in [6, 6.07) is 0. The number of nitrogens with zero attached hydrogens (tertiary/aromatic N) is 4. The van der Waals surface area contributed by atoms with Crippen molar-refractivity contribution >= 4 is 23.9 Å². The summed E-state index contributed by atoms with van der Waals surface area (Å²) in [5.74, 6) is -0.314. The average molecular weight is 407 g/mol. The minimum atomic E-state index is -1.13. The number of hydrogen-bond donors (Lipinski definition) is 7. The number of guanidine groups is 2. The number of carboxylic acid groups (broad SMARTS) is 1. The Bertz CT molecular complexity index is 483. The number of carbonyl (C=O) groups excluding carboxylic acids is 1. The SMILES string of the molecule is CN(C)C(=N)N=C(N)N.O=C(O)N1CCCC1=O.OCCN(CCO)CCO. The summed E-state index contributed by atoms with van der Waals surface area (Å²) >= 11 is 0. The molecule has 0 saturated carbocycles. The molecule has 0 aromatic rings. The van der Waals surface area contributed by atoms with E-state index >= 15 is 0 Å². The number of aliphatic hydroxyl groups excluding tert-OH is 3. The van der Waals surface area contributed by atoms with Gasteiger partial charge in [-0.1, -0.05) is 0 Å². The van der Waals surface area contributed by atoms with Crippen LogP contribution >= 0.6 is 0 Å². The Morgan fingerprint density at radius 1 is 1.14 bits per heavy atom. The molecule has 1 heterocycles. The Labute approximate surface area is 164 Å². The first-order valence-electron chi connectivity index (χ1n) is 8.54. The van der Waals surface area contributed by atoms with Crippen molar-refractivity contribution in [2.75, 3.05) is 60.1 Å². The maximum absolute atomic E-state index is 10.6. The fraction of sp³-hybridized carbons (Fsp3) is 0.733. The molecule has 0 atom stereocenters. The van der Waals surface area contributed by atoms with Crippen LogP contribution in [0.25, 0.3) is 0 Å². The van der Waals surface area contributed by atoms with Gasteiger partial charge in [0.25, 0.3) is 0 Å². The van der Waals surface area contributed by atoms with Crippen LogP contribution in [0.2, 0.25) is 0 Å². The molecule has 28 heavy (non-hydrogen) atoms. The lowest BCUT2D eigenvalue weighted by Gasteiger charge is -2.17. The number of likely N-dealkylation sites (tertiary alicyclic amines) is 1. The topological polar surface area (TPSA) is 213 Å². The van der Waals surface area contributed by atoms with Gasteiger partial charge in [-0.3, -0.25) is 15.1 Å². The summed E-state index contributed by atoms with van der Waals surface area (Å²) in [7, 11) is 3.38. The van der Waals surface area contributed by atoms with Crippen molar-refractivity contribution in [1.29, 1.82) is 5.41 Å². The molecule has 13 nitrogen and oxygen atoms in total. The number of nitrogens with one attached hydrogen (secondary N) is 1. The molecule has 0 aromatic heterocycles. The number of imide groups is 1. The first-order chi connectivity index (χ1) is 13.1. The van der Waals surface area contributed by atoms with E-state index in [1.165, 1.54) is 4.90 Å². The minimum absolute atomic E-state index is 0.0509. The van der Waals surface area contributed by atoms with Gasteiger partial charge >= 0.3 is 6.09 Å². The van der Waals surface area contributed by atoms with Crippen LogP contribution in [0.15, 0.2) is 4.99 Å². The third-order valence-electron chi connectivity index (χ3n) is 3.21. The number of rotatable bonds is 6.